The third-order valence-corrected chi connectivity index (χ3v) is 6.90. The Balaban J connectivity index is 2.56. The Kier molecular flexibility index (Phi) is 4.81. The Morgan fingerprint density at radius 2 is 1.55 bits per heavy atom. The van der Waals surface area contributed by atoms with Crippen LogP contribution in [0.5, 0.6) is 11.5 Å². The maximum atomic E-state index is 13.6. The molecule has 0 spiro atoms. The summed E-state index contributed by atoms with van der Waals surface area (Å²) in [5.74, 6) is 0.318. The average molecular weight is 359 g/mol. The van der Waals surface area contributed by atoms with Crippen molar-refractivity contribution in [3.8, 4) is 11.5 Å². The lowest BCUT2D eigenvalue weighted by Gasteiger charge is -2.31. The molecular formula is C16H17Cl2O3P. The molecule has 0 bridgehead atoms. The van der Waals surface area contributed by atoms with Gasteiger partial charge in [0.05, 0.1) is 10.5 Å². The van der Waals surface area contributed by atoms with Gasteiger partial charge in [0, 0.05) is 10.0 Å². The molecule has 0 aliphatic carbocycles. The van der Waals surface area contributed by atoms with Gasteiger partial charge in [-0.05, 0) is 63.2 Å². The Bertz CT molecular complexity index is 721. The van der Waals surface area contributed by atoms with Crippen molar-refractivity contribution in [1.29, 1.82) is 0 Å². The Labute approximate surface area is 140 Å². The average Bonchev–Trinajstić information content (AvgIpc) is 2.42. The molecule has 1 N–H and O–H groups in total. The second-order valence-electron chi connectivity index (χ2n) is 5.90. The van der Waals surface area contributed by atoms with E-state index in [2.05, 4.69) is 0 Å². The van der Waals surface area contributed by atoms with E-state index in [1.807, 2.05) is 0 Å². The molecule has 1 unspecified atom stereocenters. The van der Waals surface area contributed by atoms with Crippen LogP contribution in [0.2, 0.25) is 10.0 Å². The minimum atomic E-state index is -3.43. The van der Waals surface area contributed by atoms with E-state index in [-0.39, 0.29) is 11.1 Å². The van der Waals surface area contributed by atoms with E-state index in [1.165, 1.54) is 18.2 Å². The minimum absolute atomic E-state index is 0.100. The largest absolute Gasteiger partial charge is 0.507 e. The van der Waals surface area contributed by atoms with Crippen LogP contribution in [0.3, 0.4) is 0 Å². The molecule has 0 heterocycles. The lowest BCUT2D eigenvalue weighted by Crippen LogP contribution is -2.27. The molecule has 6 heteroatoms. The molecular weight excluding hydrogens is 342 g/mol. The van der Waals surface area contributed by atoms with Gasteiger partial charge in [0.15, 0.2) is 0 Å². The topological polar surface area (TPSA) is 46.5 Å². The number of hydrogen-bond acceptors (Lipinski definition) is 3. The summed E-state index contributed by atoms with van der Waals surface area (Å²) in [7, 11) is -3.43. The quantitative estimate of drug-likeness (QED) is 0.738. The Hall–Kier alpha value is -1.15. The molecule has 1 atom stereocenters. The lowest BCUT2D eigenvalue weighted by molar-refractivity contribution is 0.452. The van der Waals surface area contributed by atoms with Crippen molar-refractivity contribution in [2.75, 3.05) is 0 Å². The van der Waals surface area contributed by atoms with Crippen LogP contribution in [0.25, 0.3) is 0 Å². The molecule has 0 aliphatic rings. The second-order valence-corrected chi connectivity index (χ2v) is 9.88. The van der Waals surface area contributed by atoms with Gasteiger partial charge in [-0.2, -0.15) is 0 Å². The lowest BCUT2D eigenvalue weighted by atomic mass is 10.3. The van der Waals surface area contributed by atoms with Crippen molar-refractivity contribution in [2.24, 2.45) is 0 Å². The maximum absolute atomic E-state index is 13.6. The number of benzene rings is 2. The Morgan fingerprint density at radius 1 is 1.00 bits per heavy atom. The van der Waals surface area contributed by atoms with E-state index in [0.29, 0.717) is 15.8 Å². The molecule has 118 valence electrons. The van der Waals surface area contributed by atoms with Gasteiger partial charge in [-0.3, -0.25) is 4.57 Å². The van der Waals surface area contributed by atoms with E-state index in [9.17, 15) is 9.67 Å². The van der Waals surface area contributed by atoms with Gasteiger partial charge in [-0.25, -0.2) is 0 Å². The van der Waals surface area contributed by atoms with Crippen LogP contribution < -0.4 is 9.83 Å². The molecule has 3 nitrogen and oxygen atoms in total. The minimum Gasteiger partial charge on any atom is -0.507 e. The SMILES string of the molecule is CC(C)(C)P(=O)(Oc1ccc(Cl)cc1)c1cc(Cl)ccc1O. The van der Waals surface area contributed by atoms with Crippen molar-refractivity contribution in [3.05, 3.63) is 52.5 Å². The standard InChI is InChI=1S/C16H17Cl2O3P/c1-16(2,3)22(20,15-10-12(18)6-9-14(15)19)21-13-7-4-11(17)5-8-13/h4-10,19H,1-3H3. The highest BCUT2D eigenvalue weighted by molar-refractivity contribution is 7.69. The molecule has 0 saturated carbocycles. The van der Waals surface area contributed by atoms with Crippen LogP contribution in [0.4, 0.5) is 0 Å². The number of phenols is 1. The van der Waals surface area contributed by atoms with Gasteiger partial charge in [0.2, 0.25) is 0 Å². The smallest absolute Gasteiger partial charge is 0.286 e. The molecule has 0 aromatic heterocycles. The third kappa shape index (κ3) is 3.43. The zero-order valence-electron chi connectivity index (χ0n) is 12.5. The van der Waals surface area contributed by atoms with Gasteiger partial charge in [-0.15, -0.1) is 0 Å². The summed E-state index contributed by atoms with van der Waals surface area (Å²) in [6.07, 6.45) is 0. The Morgan fingerprint density at radius 3 is 2.09 bits per heavy atom. The molecule has 2 aromatic rings. The number of phenolic OH excluding ortho intramolecular Hbond substituents is 1. The predicted molar refractivity (Wildman–Crippen MR) is 92.2 cm³/mol. The summed E-state index contributed by atoms with van der Waals surface area (Å²) in [6.45, 7) is 5.39. The summed E-state index contributed by atoms with van der Waals surface area (Å²) in [5, 5.41) is 10.6. The van der Waals surface area contributed by atoms with E-state index in [0.717, 1.165) is 0 Å². The zero-order chi connectivity index (χ0) is 16.5. The summed E-state index contributed by atoms with van der Waals surface area (Å²) >= 11 is 11.8. The highest BCUT2D eigenvalue weighted by atomic mass is 35.5. The first-order valence-electron chi connectivity index (χ1n) is 6.68. The maximum Gasteiger partial charge on any atom is 0.286 e. The van der Waals surface area contributed by atoms with E-state index < -0.39 is 12.5 Å². The predicted octanol–water partition coefficient (Wildman–Crippen LogP) is 5.48. The first kappa shape index (κ1) is 17.2. The molecule has 0 fully saturated rings. The van der Waals surface area contributed by atoms with Gasteiger partial charge in [-0.1, -0.05) is 23.2 Å². The van der Waals surface area contributed by atoms with Gasteiger partial charge >= 0.3 is 0 Å². The van der Waals surface area contributed by atoms with Crippen molar-refractivity contribution < 1.29 is 14.2 Å². The first-order valence-corrected chi connectivity index (χ1v) is 9.06. The summed E-state index contributed by atoms with van der Waals surface area (Å²) in [4.78, 5) is 0. The normalized spacial score (nSPS) is 14.4. The number of aromatic hydroxyl groups is 1. The summed E-state index contributed by atoms with van der Waals surface area (Å²) in [5.41, 5.74) is 0. The fourth-order valence-electron chi connectivity index (χ4n) is 1.92. The van der Waals surface area contributed by atoms with Crippen LogP contribution in [-0.4, -0.2) is 10.3 Å². The van der Waals surface area contributed by atoms with Crippen molar-refractivity contribution >= 4 is 35.9 Å². The molecule has 22 heavy (non-hydrogen) atoms. The van der Waals surface area contributed by atoms with Crippen molar-refractivity contribution in [3.63, 3.8) is 0 Å². The zero-order valence-corrected chi connectivity index (χ0v) is 14.9. The van der Waals surface area contributed by atoms with Crippen LogP contribution in [-0.2, 0) is 4.57 Å². The van der Waals surface area contributed by atoms with Gasteiger partial charge in [0.25, 0.3) is 7.37 Å². The monoisotopic (exact) mass is 358 g/mol. The van der Waals surface area contributed by atoms with Gasteiger partial charge < -0.3 is 9.63 Å². The van der Waals surface area contributed by atoms with E-state index in [1.54, 1.807) is 45.0 Å². The van der Waals surface area contributed by atoms with E-state index >= 15 is 0 Å². The van der Waals surface area contributed by atoms with Crippen LogP contribution in [0, 0.1) is 0 Å². The number of halogens is 2. The number of hydrogen-bond donors (Lipinski definition) is 1. The number of rotatable bonds is 3. The van der Waals surface area contributed by atoms with Gasteiger partial charge in [0.1, 0.15) is 11.5 Å². The fraction of sp³-hybridized carbons (Fsp3) is 0.250. The highest BCUT2D eigenvalue weighted by Gasteiger charge is 2.43. The summed E-state index contributed by atoms with van der Waals surface area (Å²) in [6, 6.07) is 11.0. The molecule has 0 saturated heterocycles. The van der Waals surface area contributed by atoms with Crippen LogP contribution >= 0.6 is 30.6 Å². The molecule has 0 radical (unpaired) electrons. The molecule has 0 amide bonds. The van der Waals surface area contributed by atoms with Crippen molar-refractivity contribution in [1.82, 2.24) is 0 Å². The third-order valence-electron chi connectivity index (χ3n) is 3.19. The highest BCUT2D eigenvalue weighted by Crippen LogP contribution is 2.58. The molecule has 0 aliphatic heterocycles. The second kappa shape index (κ2) is 6.16. The molecule has 2 aromatic carbocycles. The molecule has 2 rings (SSSR count). The van der Waals surface area contributed by atoms with Crippen molar-refractivity contribution in [2.45, 2.75) is 25.9 Å². The first-order chi connectivity index (χ1) is 10.1. The van der Waals surface area contributed by atoms with Crippen LogP contribution in [0.1, 0.15) is 20.8 Å². The van der Waals surface area contributed by atoms with Crippen LogP contribution in [0.15, 0.2) is 42.5 Å². The fourth-order valence-corrected chi connectivity index (χ4v) is 4.50. The van der Waals surface area contributed by atoms with E-state index in [4.69, 9.17) is 27.7 Å². The summed E-state index contributed by atoms with van der Waals surface area (Å²) < 4.78 is 19.4.